The highest BCUT2D eigenvalue weighted by molar-refractivity contribution is 6.20. The van der Waals surface area contributed by atoms with Crippen molar-refractivity contribution in [1.82, 2.24) is 4.90 Å². The Morgan fingerprint density at radius 3 is 2.93 bits per heavy atom. The number of ether oxygens (including phenoxy) is 1. The van der Waals surface area contributed by atoms with Gasteiger partial charge in [0.15, 0.2) is 0 Å². The van der Waals surface area contributed by atoms with E-state index in [4.69, 9.17) is 16.3 Å². The van der Waals surface area contributed by atoms with Gasteiger partial charge in [0.1, 0.15) is 0 Å². The van der Waals surface area contributed by atoms with Gasteiger partial charge in [-0.05, 0) is 45.2 Å². The monoisotopic (exact) mass is 217 g/mol. The number of alkyl halides is 1. The van der Waals surface area contributed by atoms with E-state index in [1.54, 1.807) is 0 Å². The fourth-order valence-electron chi connectivity index (χ4n) is 2.40. The lowest BCUT2D eigenvalue weighted by molar-refractivity contribution is 0.0997. The average Bonchev–Trinajstić information content (AvgIpc) is 2.77. The van der Waals surface area contributed by atoms with Crippen LogP contribution in [-0.4, -0.2) is 42.6 Å². The predicted octanol–water partition coefficient (Wildman–Crippen LogP) is 2.26. The molecule has 2 fully saturated rings. The van der Waals surface area contributed by atoms with Crippen molar-refractivity contribution in [3.63, 3.8) is 0 Å². The molecule has 2 heterocycles. The van der Waals surface area contributed by atoms with Gasteiger partial charge in [-0.2, -0.15) is 0 Å². The molecule has 0 radical (unpaired) electrons. The molecular weight excluding hydrogens is 198 g/mol. The first-order chi connectivity index (χ1) is 6.84. The summed E-state index contributed by atoms with van der Waals surface area (Å²) in [5.74, 6) is 0. The van der Waals surface area contributed by atoms with Gasteiger partial charge < -0.3 is 9.64 Å². The van der Waals surface area contributed by atoms with Crippen LogP contribution in [0.4, 0.5) is 0 Å². The van der Waals surface area contributed by atoms with Crippen LogP contribution in [0, 0.1) is 0 Å². The van der Waals surface area contributed by atoms with Crippen molar-refractivity contribution in [3.8, 4) is 0 Å². The van der Waals surface area contributed by atoms with E-state index in [-0.39, 0.29) is 0 Å². The van der Waals surface area contributed by atoms with Gasteiger partial charge in [-0.25, -0.2) is 0 Å². The Hall–Kier alpha value is 0.210. The molecule has 0 saturated carbocycles. The summed E-state index contributed by atoms with van der Waals surface area (Å²) in [5.41, 5.74) is 0. The first kappa shape index (κ1) is 10.7. The average molecular weight is 218 g/mol. The van der Waals surface area contributed by atoms with Crippen LogP contribution in [-0.2, 0) is 4.74 Å². The zero-order chi connectivity index (χ0) is 9.80. The topological polar surface area (TPSA) is 12.5 Å². The lowest BCUT2D eigenvalue weighted by atomic mass is 10.1. The highest BCUT2D eigenvalue weighted by atomic mass is 35.5. The minimum Gasteiger partial charge on any atom is -0.378 e. The van der Waals surface area contributed by atoms with Gasteiger partial charge in [0.2, 0.25) is 0 Å². The minimum absolute atomic E-state index is 0.401. The SMILES string of the molecule is ClC1CCN(CCCC2CCCO2)C1. The van der Waals surface area contributed by atoms with Crippen LogP contribution in [0.3, 0.4) is 0 Å². The van der Waals surface area contributed by atoms with Crippen molar-refractivity contribution in [3.05, 3.63) is 0 Å². The second kappa shape index (κ2) is 5.34. The van der Waals surface area contributed by atoms with Gasteiger partial charge in [0.25, 0.3) is 0 Å². The van der Waals surface area contributed by atoms with Crippen LogP contribution in [0.1, 0.15) is 32.1 Å². The van der Waals surface area contributed by atoms with Crippen LogP contribution in [0.2, 0.25) is 0 Å². The number of halogens is 1. The van der Waals surface area contributed by atoms with Crippen molar-refractivity contribution in [2.75, 3.05) is 26.2 Å². The second-order valence-electron chi connectivity index (χ2n) is 4.46. The van der Waals surface area contributed by atoms with E-state index in [0.717, 1.165) is 13.2 Å². The second-order valence-corrected chi connectivity index (χ2v) is 5.08. The normalized spacial score (nSPS) is 34.1. The fraction of sp³-hybridized carbons (Fsp3) is 1.00. The summed E-state index contributed by atoms with van der Waals surface area (Å²) < 4.78 is 5.59. The molecule has 82 valence electrons. The molecule has 0 amide bonds. The predicted molar refractivity (Wildman–Crippen MR) is 58.9 cm³/mol. The molecule has 14 heavy (non-hydrogen) atoms. The third-order valence-corrected chi connectivity index (χ3v) is 3.60. The summed E-state index contributed by atoms with van der Waals surface area (Å²) in [5, 5.41) is 0.401. The number of hydrogen-bond acceptors (Lipinski definition) is 2. The standard InChI is InChI=1S/C11H20ClNO/c12-10-5-7-13(9-10)6-1-3-11-4-2-8-14-11/h10-11H,1-9H2. The number of nitrogens with zero attached hydrogens (tertiary/aromatic N) is 1. The molecule has 0 aromatic heterocycles. The fourth-order valence-corrected chi connectivity index (χ4v) is 2.70. The summed E-state index contributed by atoms with van der Waals surface area (Å²) in [6.07, 6.45) is 6.78. The molecule has 0 aliphatic carbocycles. The van der Waals surface area contributed by atoms with Crippen LogP contribution in [0.5, 0.6) is 0 Å². The maximum Gasteiger partial charge on any atom is 0.0576 e. The zero-order valence-corrected chi connectivity index (χ0v) is 9.51. The smallest absolute Gasteiger partial charge is 0.0576 e. The molecule has 0 aromatic carbocycles. The maximum absolute atomic E-state index is 6.05. The number of hydrogen-bond donors (Lipinski definition) is 0. The molecule has 2 atom stereocenters. The summed E-state index contributed by atoms with van der Waals surface area (Å²) >= 11 is 6.05. The van der Waals surface area contributed by atoms with E-state index in [2.05, 4.69) is 4.90 Å². The van der Waals surface area contributed by atoms with E-state index >= 15 is 0 Å². The van der Waals surface area contributed by atoms with E-state index in [9.17, 15) is 0 Å². The van der Waals surface area contributed by atoms with E-state index < -0.39 is 0 Å². The molecule has 0 N–H and O–H groups in total. The molecule has 2 rings (SSSR count). The van der Waals surface area contributed by atoms with Crippen molar-refractivity contribution >= 4 is 11.6 Å². The lowest BCUT2D eigenvalue weighted by Crippen LogP contribution is -2.23. The number of likely N-dealkylation sites (tertiary alicyclic amines) is 1. The summed E-state index contributed by atoms with van der Waals surface area (Å²) in [6.45, 7) is 4.48. The lowest BCUT2D eigenvalue weighted by Gasteiger charge is -2.16. The molecule has 2 nitrogen and oxygen atoms in total. The minimum atomic E-state index is 0.401. The van der Waals surface area contributed by atoms with Gasteiger partial charge in [-0.1, -0.05) is 0 Å². The Morgan fingerprint density at radius 2 is 2.29 bits per heavy atom. The molecule has 0 aromatic rings. The molecule has 0 bridgehead atoms. The molecule has 2 aliphatic heterocycles. The van der Waals surface area contributed by atoms with Crippen molar-refractivity contribution < 1.29 is 4.74 Å². The maximum atomic E-state index is 6.05. The molecule has 0 spiro atoms. The Kier molecular flexibility index (Phi) is 4.09. The molecule has 2 unspecified atom stereocenters. The summed E-state index contributed by atoms with van der Waals surface area (Å²) in [6, 6.07) is 0. The van der Waals surface area contributed by atoms with E-state index in [0.29, 0.717) is 11.5 Å². The summed E-state index contributed by atoms with van der Waals surface area (Å²) in [7, 11) is 0. The Labute approximate surface area is 91.6 Å². The van der Waals surface area contributed by atoms with Crippen molar-refractivity contribution in [1.29, 1.82) is 0 Å². The van der Waals surface area contributed by atoms with Crippen LogP contribution >= 0.6 is 11.6 Å². The van der Waals surface area contributed by atoms with Crippen LogP contribution in [0.15, 0.2) is 0 Å². The molecular formula is C11H20ClNO. The first-order valence-corrected chi connectivity index (χ1v) is 6.26. The van der Waals surface area contributed by atoms with Crippen LogP contribution in [0.25, 0.3) is 0 Å². The Morgan fingerprint density at radius 1 is 1.36 bits per heavy atom. The Bertz CT molecular complexity index is 171. The zero-order valence-electron chi connectivity index (χ0n) is 8.75. The van der Waals surface area contributed by atoms with Crippen molar-refractivity contribution in [2.24, 2.45) is 0 Å². The van der Waals surface area contributed by atoms with Gasteiger partial charge in [0.05, 0.1) is 6.10 Å². The number of rotatable bonds is 4. The molecule has 2 aliphatic rings. The van der Waals surface area contributed by atoms with Gasteiger partial charge in [-0.3, -0.25) is 0 Å². The summed E-state index contributed by atoms with van der Waals surface area (Å²) in [4.78, 5) is 2.48. The molecule has 2 saturated heterocycles. The van der Waals surface area contributed by atoms with Gasteiger partial charge in [-0.15, -0.1) is 11.6 Å². The first-order valence-electron chi connectivity index (χ1n) is 5.82. The van der Waals surface area contributed by atoms with E-state index in [1.807, 2.05) is 0 Å². The van der Waals surface area contributed by atoms with Crippen LogP contribution < -0.4 is 0 Å². The third kappa shape index (κ3) is 3.11. The van der Waals surface area contributed by atoms with Crippen molar-refractivity contribution in [2.45, 2.75) is 43.6 Å². The van der Waals surface area contributed by atoms with E-state index in [1.165, 1.54) is 45.2 Å². The molecule has 3 heteroatoms. The quantitative estimate of drug-likeness (QED) is 0.670. The largest absolute Gasteiger partial charge is 0.378 e. The highest BCUT2D eigenvalue weighted by Crippen LogP contribution is 2.19. The van der Waals surface area contributed by atoms with Gasteiger partial charge in [0, 0.05) is 18.5 Å². The Balaban J connectivity index is 1.54. The third-order valence-electron chi connectivity index (χ3n) is 3.24. The van der Waals surface area contributed by atoms with Gasteiger partial charge >= 0.3 is 0 Å². The highest BCUT2D eigenvalue weighted by Gasteiger charge is 2.20.